The zero-order valence-corrected chi connectivity index (χ0v) is 42.8. The maximum absolute atomic E-state index is 17.1. The molecule has 18 heteroatoms. The van der Waals surface area contributed by atoms with Crippen molar-refractivity contribution < 1.29 is 42.5 Å². The van der Waals surface area contributed by atoms with Crippen LogP contribution in [0.5, 0.6) is 11.5 Å². The first kappa shape index (κ1) is 49.2. The Balaban J connectivity index is 0.941. The number of halogens is 1. The Kier molecular flexibility index (Phi) is 13.7. The minimum absolute atomic E-state index is 0.143. The number of aromatic nitrogens is 2. The van der Waals surface area contributed by atoms with E-state index in [1.54, 1.807) is 18.2 Å². The molecular formula is C55H59FN8O8S. The molecule has 10 rings (SSSR count). The first-order chi connectivity index (χ1) is 35.2. The van der Waals surface area contributed by atoms with Crippen molar-refractivity contribution in [3.8, 4) is 33.3 Å². The molecule has 0 spiro atoms. The molecule has 2 N–H and O–H groups in total. The van der Waals surface area contributed by atoms with Gasteiger partial charge in [-0.2, -0.15) is 0 Å². The van der Waals surface area contributed by atoms with Crippen molar-refractivity contribution in [2.75, 3.05) is 34.4 Å². The summed E-state index contributed by atoms with van der Waals surface area (Å²) in [7, 11) is 4.19. The summed E-state index contributed by atoms with van der Waals surface area (Å²) in [6, 6.07) is 17.4. The third-order valence-electron chi connectivity index (χ3n) is 14.6. The van der Waals surface area contributed by atoms with Gasteiger partial charge in [0.15, 0.2) is 0 Å². The summed E-state index contributed by atoms with van der Waals surface area (Å²) < 4.78 is 41.1. The maximum atomic E-state index is 17.1. The van der Waals surface area contributed by atoms with Gasteiger partial charge in [0.1, 0.15) is 34.4 Å². The largest absolute Gasteiger partial charge is 0.497 e. The van der Waals surface area contributed by atoms with E-state index in [2.05, 4.69) is 22.8 Å². The molecule has 16 nitrogen and oxygen atoms in total. The molecule has 2 fully saturated rings. The average molecular weight is 1010 g/mol. The number of nitrogens with zero attached hydrogens (tertiary/aromatic N) is 6. The van der Waals surface area contributed by atoms with Gasteiger partial charge in [0.05, 0.1) is 55.1 Å². The first-order valence-electron chi connectivity index (χ1n) is 24.8. The van der Waals surface area contributed by atoms with Crippen LogP contribution in [0.2, 0.25) is 0 Å². The molecular weight excluding hydrogens is 952 g/mol. The van der Waals surface area contributed by atoms with Crippen LogP contribution in [0.15, 0.2) is 89.2 Å². The molecule has 5 aromatic rings. The van der Waals surface area contributed by atoms with E-state index in [9.17, 15) is 19.2 Å². The lowest BCUT2D eigenvalue weighted by Crippen LogP contribution is -2.53. The number of hydrogen-bond acceptors (Lipinski definition) is 12. The number of amides is 4. The fourth-order valence-electron chi connectivity index (χ4n) is 10.8. The topological polar surface area (TPSA) is 178 Å². The van der Waals surface area contributed by atoms with E-state index in [0.29, 0.717) is 48.5 Å². The summed E-state index contributed by atoms with van der Waals surface area (Å²) in [5.74, 6) is 0.0171. The number of allylic oxidation sites excluding steroid dienone is 2. The molecule has 3 aromatic carbocycles. The number of likely N-dealkylation sites (tertiary alicyclic amines) is 2. The number of ether oxygens (including phenoxy) is 4. The molecule has 1 unspecified atom stereocenters. The van der Waals surface area contributed by atoms with Crippen LogP contribution in [0.3, 0.4) is 0 Å². The molecule has 7 heterocycles. The normalized spacial score (nSPS) is 19.9. The lowest BCUT2D eigenvalue weighted by molar-refractivity contribution is -0.134. The number of fused-ring (bicyclic) bond motifs is 5. The number of carbonyl (C=O) groups excluding carboxylic acids is 4. The predicted octanol–water partition coefficient (Wildman–Crippen LogP) is 9.63. The van der Waals surface area contributed by atoms with Crippen molar-refractivity contribution in [2.45, 2.75) is 96.6 Å². The Morgan fingerprint density at radius 3 is 1.88 bits per heavy atom. The fraction of sp³-hybridized carbons (Fsp3) is 0.400. The van der Waals surface area contributed by atoms with E-state index in [4.69, 9.17) is 33.9 Å². The van der Waals surface area contributed by atoms with E-state index < -0.39 is 36.3 Å². The Morgan fingerprint density at radius 2 is 1.32 bits per heavy atom. The highest BCUT2D eigenvalue weighted by Gasteiger charge is 2.41. The average Bonchev–Trinajstić information content (AvgIpc) is 4.26. The fourth-order valence-corrected chi connectivity index (χ4v) is 11.7. The highest BCUT2D eigenvalue weighted by Crippen LogP contribution is 2.49. The molecule has 4 amide bonds. The van der Waals surface area contributed by atoms with Crippen LogP contribution in [0.4, 0.5) is 14.0 Å². The standard InChI is InChI=1S/C55H59FN8O8S/c1-29(2)48(60-54(67)70-6)51(65)62-18-8-10-42(62)39-22-35(26-57-39)32-14-17-41-34(20-32)24-44-47-38(56)21-33(25-45(47)72-53(64(41)44)46-28-59-50(73-46)31-12-15-37(69-5)16-13-31)36-23-40(58-27-36)43-11-9-19-63(43)52(66)49(30(3)4)61-55(68)71-7/h12-17,20-21,24-30,42-43,48-49,53H,8-11,18-19,22-23H2,1-7H3,(H,60,67)(H,61,68)/t42-,43-,48-,49-,53?/m0/s1. The number of aliphatic imine (C=N–C) groups is 2. The van der Waals surface area contributed by atoms with Crippen LogP contribution in [0, 0.1) is 17.7 Å². The molecule has 5 atom stereocenters. The Labute approximate surface area is 427 Å². The van der Waals surface area contributed by atoms with Crippen LogP contribution < -0.4 is 20.1 Å². The SMILES string of the molecule is COC(=O)N[C@H](C(=O)N1CCC[C@H]1C1=NC=C(c2cc(F)c3c(c2)OC(c2cnc(-c4ccc(OC)cc4)s2)n2c-3cc3cc(C4=CN=C([C@@H]5CCCN5C(=O)[C@@H](NC(=O)OC)C(C)C)C4)ccc32)C1)C(C)C. The van der Waals surface area contributed by atoms with Gasteiger partial charge in [-0.25, -0.2) is 19.0 Å². The minimum Gasteiger partial charge on any atom is -0.497 e. The molecule has 5 aliphatic heterocycles. The van der Waals surface area contributed by atoms with E-state index in [1.807, 2.05) is 92.0 Å². The molecule has 0 bridgehead atoms. The monoisotopic (exact) mass is 1010 g/mol. The van der Waals surface area contributed by atoms with Gasteiger partial charge in [-0.3, -0.25) is 24.1 Å². The molecule has 0 aliphatic carbocycles. The summed E-state index contributed by atoms with van der Waals surface area (Å²) >= 11 is 1.50. The van der Waals surface area contributed by atoms with E-state index in [0.717, 1.165) is 85.9 Å². The molecule has 2 saturated heterocycles. The van der Waals surface area contributed by atoms with Crippen molar-refractivity contribution in [1.29, 1.82) is 0 Å². The summed E-state index contributed by atoms with van der Waals surface area (Å²) in [6.45, 7) is 8.67. The highest BCUT2D eigenvalue weighted by molar-refractivity contribution is 7.15. The molecule has 0 radical (unpaired) electrons. The number of rotatable bonds is 13. The summed E-state index contributed by atoms with van der Waals surface area (Å²) in [5, 5.41) is 7.11. The van der Waals surface area contributed by atoms with Crippen molar-refractivity contribution in [3.05, 3.63) is 101 Å². The number of hydrogen-bond donors (Lipinski definition) is 2. The second-order valence-electron chi connectivity index (χ2n) is 19.8. The van der Waals surface area contributed by atoms with Gasteiger partial charge in [0, 0.05) is 66.9 Å². The molecule has 5 aliphatic rings. The second-order valence-corrected chi connectivity index (χ2v) is 20.8. The van der Waals surface area contributed by atoms with Gasteiger partial charge in [-0.15, -0.1) is 11.3 Å². The number of methoxy groups -OCH3 is 3. The van der Waals surface area contributed by atoms with Crippen LogP contribution in [-0.2, 0) is 19.1 Å². The predicted molar refractivity (Wildman–Crippen MR) is 278 cm³/mol. The number of benzene rings is 3. The van der Waals surface area contributed by atoms with Gasteiger partial charge < -0.3 is 39.4 Å². The Morgan fingerprint density at radius 1 is 0.740 bits per heavy atom. The number of nitrogens with one attached hydrogen (secondary N) is 2. The van der Waals surface area contributed by atoms with Gasteiger partial charge in [-0.05, 0) is 114 Å². The number of carbonyl (C=O) groups is 4. The Bertz CT molecular complexity index is 3140. The third kappa shape index (κ3) is 9.36. The van der Waals surface area contributed by atoms with Gasteiger partial charge in [-0.1, -0.05) is 33.8 Å². The van der Waals surface area contributed by atoms with Crippen LogP contribution in [0.25, 0.3) is 43.9 Å². The minimum atomic E-state index is -0.758. The van der Waals surface area contributed by atoms with Crippen molar-refractivity contribution >= 4 is 68.8 Å². The maximum Gasteiger partial charge on any atom is 0.407 e. The third-order valence-corrected chi connectivity index (χ3v) is 15.7. The lowest BCUT2D eigenvalue weighted by atomic mass is 9.95. The second kappa shape index (κ2) is 20.3. The molecule has 380 valence electrons. The van der Waals surface area contributed by atoms with Gasteiger partial charge in [0.2, 0.25) is 18.0 Å². The summed E-state index contributed by atoms with van der Waals surface area (Å²) in [6.07, 6.45) is 7.51. The molecule has 0 saturated carbocycles. The van der Waals surface area contributed by atoms with Crippen molar-refractivity contribution in [1.82, 2.24) is 30.0 Å². The molecule has 73 heavy (non-hydrogen) atoms. The quantitative estimate of drug-likeness (QED) is 0.116. The zero-order valence-electron chi connectivity index (χ0n) is 41.9. The van der Waals surface area contributed by atoms with Crippen LogP contribution in [0.1, 0.15) is 88.5 Å². The van der Waals surface area contributed by atoms with Crippen molar-refractivity contribution in [3.63, 3.8) is 0 Å². The summed E-state index contributed by atoms with van der Waals surface area (Å²) in [5.41, 5.74) is 7.83. The first-order valence-corrected chi connectivity index (χ1v) is 25.6. The summed E-state index contributed by atoms with van der Waals surface area (Å²) in [4.78, 5) is 71.2. The number of thiazole rings is 1. The smallest absolute Gasteiger partial charge is 0.407 e. The van der Waals surface area contributed by atoms with E-state index in [-0.39, 0.29) is 35.7 Å². The number of alkyl carbamates (subject to hydrolysis) is 2. The highest BCUT2D eigenvalue weighted by atomic mass is 32.1. The lowest BCUT2D eigenvalue weighted by Gasteiger charge is -2.31. The van der Waals surface area contributed by atoms with E-state index in [1.165, 1.54) is 31.6 Å². The Hall–Kier alpha value is -7.34. The van der Waals surface area contributed by atoms with Crippen molar-refractivity contribution in [2.24, 2.45) is 21.8 Å². The van der Waals surface area contributed by atoms with E-state index >= 15 is 4.39 Å². The van der Waals surface area contributed by atoms with Crippen LogP contribution in [-0.4, -0.2) is 113 Å². The molecule has 2 aromatic heterocycles. The van der Waals surface area contributed by atoms with Gasteiger partial charge >= 0.3 is 12.2 Å². The van der Waals surface area contributed by atoms with Crippen LogP contribution >= 0.6 is 11.3 Å². The zero-order chi connectivity index (χ0) is 51.2. The van der Waals surface area contributed by atoms with Gasteiger partial charge in [0.25, 0.3) is 0 Å².